The van der Waals surface area contributed by atoms with Gasteiger partial charge in [-0.2, -0.15) is 12.7 Å². The van der Waals surface area contributed by atoms with Gasteiger partial charge in [-0.3, -0.25) is 9.69 Å². The summed E-state index contributed by atoms with van der Waals surface area (Å²) in [5.74, 6) is 0.147. The predicted molar refractivity (Wildman–Crippen MR) is 71.5 cm³/mol. The SMILES string of the molecule is CCN(C(=O)CN1CCN(S(N)(=O)=O)CC1)C1CC1. The van der Waals surface area contributed by atoms with Crippen molar-refractivity contribution in [2.75, 3.05) is 39.3 Å². The molecule has 1 heterocycles. The van der Waals surface area contributed by atoms with Gasteiger partial charge in [-0.05, 0) is 19.8 Å². The summed E-state index contributed by atoms with van der Waals surface area (Å²) >= 11 is 0. The van der Waals surface area contributed by atoms with Gasteiger partial charge < -0.3 is 4.90 Å². The van der Waals surface area contributed by atoms with Gasteiger partial charge in [-0.15, -0.1) is 0 Å². The molecule has 2 N–H and O–H groups in total. The Morgan fingerprint density at radius 3 is 2.26 bits per heavy atom. The summed E-state index contributed by atoms with van der Waals surface area (Å²) in [5, 5.41) is 5.08. The van der Waals surface area contributed by atoms with Crippen LogP contribution < -0.4 is 5.14 Å². The van der Waals surface area contributed by atoms with E-state index in [4.69, 9.17) is 5.14 Å². The van der Waals surface area contributed by atoms with Crippen LogP contribution in [0.15, 0.2) is 0 Å². The molecule has 0 atom stereocenters. The van der Waals surface area contributed by atoms with Crippen LogP contribution in [0.5, 0.6) is 0 Å². The van der Waals surface area contributed by atoms with Crippen molar-refractivity contribution < 1.29 is 13.2 Å². The first-order valence-corrected chi connectivity index (χ1v) is 8.22. The second-order valence-corrected chi connectivity index (χ2v) is 6.68. The second kappa shape index (κ2) is 5.74. The highest BCUT2D eigenvalue weighted by Gasteiger charge is 2.32. The lowest BCUT2D eigenvalue weighted by molar-refractivity contribution is -0.133. The number of piperazine rings is 1. The molecule has 0 radical (unpaired) electrons. The molecule has 0 aromatic rings. The maximum absolute atomic E-state index is 12.1. The zero-order valence-corrected chi connectivity index (χ0v) is 12.1. The summed E-state index contributed by atoms with van der Waals surface area (Å²) in [6, 6.07) is 0.434. The summed E-state index contributed by atoms with van der Waals surface area (Å²) in [4.78, 5) is 16.0. The number of likely N-dealkylation sites (N-methyl/N-ethyl adjacent to an activating group) is 1. The van der Waals surface area contributed by atoms with Crippen molar-refractivity contribution in [3.05, 3.63) is 0 Å². The van der Waals surface area contributed by atoms with E-state index < -0.39 is 10.2 Å². The molecule has 1 aliphatic carbocycles. The molecule has 110 valence electrons. The van der Waals surface area contributed by atoms with Crippen molar-refractivity contribution in [3.63, 3.8) is 0 Å². The van der Waals surface area contributed by atoms with E-state index in [0.29, 0.717) is 38.8 Å². The number of hydrogen-bond donors (Lipinski definition) is 1. The molecule has 0 unspecified atom stereocenters. The highest BCUT2D eigenvalue weighted by molar-refractivity contribution is 7.86. The molecular weight excluding hydrogens is 268 g/mol. The molecule has 0 aromatic carbocycles. The minimum Gasteiger partial charge on any atom is -0.339 e. The fourth-order valence-electron chi connectivity index (χ4n) is 2.45. The number of rotatable bonds is 5. The molecule has 2 aliphatic rings. The van der Waals surface area contributed by atoms with Gasteiger partial charge in [0.05, 0.1) is 6.54 Å². The Kier molecular flexibility index (Phi) is 4.44. The first kappa shape index (κ1) is 14.7. The molecule has 8 heteroatoms. The summed E-state index contributed by atoms with van der Waals surface area (Å²) in [6.07, 6.45) is 2.22. The summed E-state index contributed by atoms with van der Waals surface area (Å²) < 4.78 is 23.6. The molecule has 1 saturated heterocycles. The van der Waals surface area contributed by atoms with E-state index in [2.05, 4.69) is 0 Å². The molecule has 0 aromatic heterocycles. The molecule has 2 fully saturated rings. The Morgan fingerprint density at radius 1 is 1.26 bits per heavy atom. The number of nitrogens with two attached hydrogens (primary N) is 1. The van der Waals surface area contributed by atoms with E-state index in [9.17, 15) is 13.2 Å². The molecule has 1 amide bonds. The van der Waals surface area contributed by atoms with Gasteiger partial charge in [-0.1, -0.05) is 0 Å². The minimum atomic E-state index is -3.59. The molecule has 1 aliphatic heterocycles. The van der Waals surface area contributed by atoms with Gasteiger partial charge in [0, 0.05) is 38.8 Å². The average molecular weight is 290 g/mol. The van der Waals surface area contributed by atoms with Crippen LogP contribution >= 0.6 is 0 Å². The molecule has 7 nitrogen and oxygen atoms in total. The van der Waals surface area contributed by atoms with Crippen molar-refractivity contribution >= 4 is 16.1 Å². The monoisotopic (exact) mass is 290 g/mol. The maximum Gasteiger partial charge on any atom is 0.276 e. The maximum atomic E-state index is 12.1. The quantitative estimate of drug-likeness (QED) is 0.690. The van der Waals surface area contributed by atoms with E-state index in [1.807, 2.05) is 16.7 Å². The van der Waals surface area contributed by atoms with Crippen LogP contribution in [0.4, 0.5) is 0 Å². The van der Waals surface area contributed by atoms with E-state index in [0.717, 1.165) is 19.4 Å². The van der Waals surface area contributed by atoms with Crippen LogP contribution in [-0.4, -0.2) is 73.7 Å². The van der Waals surface area contributed by atoms with Crippen LogP contribution in [-0.2, 0) is 15.0 Å². The van der Waals surface area contributed by atoms with Crippen molar-refractivity contribution in [3.8, 4) is 0 Å². The van der Waals surface area contributed by atoms with Gasteiger partial charge in [0.1, 0.15) is 0 Å². The van der Waals surface area contributed by atoms with Crippen molar-refractivity contribution in [2.45, 2.75) is 25.8 Å². The van der Waals surface area contributed by atoms with Gasteiger partial charge in [-0.25, -0.2) is 5.14 Å². The third kappa shape index (κ3) is 3.88. The Hall–Kier alpha value is -0.700. The fraction of sp³-hybridized carbons (Fsp3) is 0.909. The van der Waals surface area contributed by atoms with E-state index in [-0.39, 0.29) is 5.91 Å². The van der Waals surface area contributed by atoms with E-state index in [1.54, 1.807) is 0 Å². The Labute approximate surface area is 114 Å². The molecular formula is C11H22N4O3S. The Balaban J connectivity index is 1.80. The molecule has 19 heavy (non-hydrogen) atoms. The highest BCUT2D eigenvalue weighted by Crippen LogP contribution is 2.26. The summed E-state index contributed by atoms with van der Waals surface area (Å²) in [7, 11) is -3.59. The highest BCUT2D eigenvalue weighted by atomic mass is 32.2. The standard InChI is InChI=1S/C11H22N4O3S/c1-2-15(10-3-4-10)11(16)9-13-5-7-14(8-6-13)19(12,17)18/h10H,2-9H2,1H3,(H2,12,17,18). The summed E-state index contributed by atoms with van der Waals surface area (Å²) in [6.45, 7) is 4.97. The number of carbonyl (C=O) groups excluding carboxylic acids is 1. The lowest BCUT2D eigenvalue weighted by Crippen LogP contribution is -2.53. The molecule has 2 rings (SSSR count). The van der Waals surface area contributed by atoms with Crippen LogP contribution in [0.1, 0.15) is 19.8 Å². The zero-order chi connectivity index (χ0) is 14.0. The Bertz CT molecular complexity index is 427. The fourth-order valence-corrected chi connectivity index (χ4v) is 3.12. The number of carbonyl (C=O) groups is 1. The van der Waals surface area contributed by atoms with Gasteiger partial charge >= 0.3 is 0 Å². The van der Waals surface area contributed by atoms with Gasteiger partial charge in [0.15, 0.2) is 0 Å². The predicted octanol–water partition coefficient (Wildman–Crippen LogP) is -1.18. The van der Waals surface area contributed by atoms with Crippen molar-refractivity contribution in [2.24, 2.45) is 5.14 Å². The van der Waals surface area contributed by atoms with Crippen molar-refractivity contribution in [1.29, 1.82) is 0 Å². The topological polar surface area (TPSA) is 86.9 Å². The third-order valence-corrected chi connectivity index (χ3v) is 4.78. The zero-order valence-electron chi connectivity index (χ0n) is 11.3. The first-order valence-electron chi connectivity index (χ1n) is 6.71. The van der Waals surface area contributed by atoms with Gasteiger partial charge in [0.25, 0.3) is 10.2 Å². The van der Waals surface area contributed by atoms with Crippen LogP contribution in [0.2, 0.25) is 0 Å². The second-order valence-electron chi connectivity index (χ2n) is 5.13. The largest absolute Gasteiger partial charge is 0.339 e. The third-order valence-electron chi connectivity index (χ3n) is 3.70. The number of amides is 1. The lowest BCUT2D eigenvalue weighted by Gasteiger charge is -2.33. The molecule has 0 bridgehead atoms. The van der Waals surface area contributed by atoms with Crippen molar-refractivity contribution in [1.82, 2.24) is 14.1 Å². The minimum absolute atomic E-state index is 0.147. The van der Waals surface area contributed by atoms with Crippen LogP contribution in [0.25, 0.3) is 0 Å². The van der Waals surface area contributed by atoms with Crippen LogP contribution in [0, 0.1) is 0 Å². The Morgan fingerprint density at radius 2 is 1.84 bits per heavy atom. The van der Waals surface area contributed by atoms with E-state index in [1.165, 1.54) is 4.31 Å². The number of nitrogens with zero attached hydrogens (tertiary/aromatic N) is 3. The molecule has 0 spiro atoms. The summed E-state index contributed by atoms with van der Waals surface area (Å²) in [5.41, 5.74) is 0. The van der Waals surface area contributed by atoms with Gasteiger partial charge in [0.2, 0.25) is 5.91 Å². The number of hydrogen-bond acceptors (Lipinski definition) is 4. The van der Waals surface area contributed by atoms with E-state index >= 15 is 0 Å². The lowest BCUT2D eigenvalue weighted by atomic mass is 10.3. The smallest absolute Gasteiger partial charge is 0.276 e. The van der Waals surface area contributed by atoms with Crippen LogP contribution in [0.3, 0.4) is 0 Å². The average Bonchev–Trinajstić information content (AvgIpc) is 3.14. The first-order chi connectivity index (χ1) is 8.91. The molecule has 1 saturated carbocycles. The normalized spacial score (nSPS) is 22.4.